The fraction of sp³-hybridized carbons (Fsp3) is 0.625. The quantitative estimate of drug-likeness (QED) is 0.824. The molecule has 1 aromatic rings. The van der Waals surface area contributed by atoms with E-state index in [1.807, 2.05) is 12.1 Å². The summed E-state index contributed by atoms with van der Waals surface area (Å²) in [5.41, 5.74) is 1.62. The molecule has 108 valence electrons. The summed E-state index contributed by atoms with van der Waals surface area (Å²) in [7, 11) is -4.11. The van der Waals surface area contributed by atoms with Crippen LogP contribution < -0.4 is 5.30 Å². The van der Waals surface area contributed by atoms with E-state index in [2.05, 4.69) is 0 Å². The van der Waals surface area contributed by atoms with E-state index in [9.17, 15) is 14.4 Å². The molecule has 4 aliphatic carbocycles. The van der Waals surface area contributed by atoms with Gasteiger partial charge in [-0.1, -0.05) is 12.1 Å². The van der Waals surface area contributed by atoms with Crippen LogP contribution in [-0.4, -0.2) is 9.79 Å². The molecule has 0 spiro atoms. The van der Waals surface area contributed by atoms with Crippen LogP contribution in [0.3, 0.4) is 0 Å². The second kappa shape index (κ2) is 4.19. The minimum absolute atomic E-state index is 0.144. The molecule has 0 heterocycles. The van der Waals surface area contributed by atoms with Crippen molar-refractivity contribution in [1.82, 2.24) is 0 Å². The van der Waals surface area contributed by atoms with Crippen LogP contribution in [0.5, 0.6) is 0 Å². The maximum absolute atomic E-state index is 11.3. The van der Waals surface area contributed by atoms with E-state index in [1.54, 1.807) is 12.1 Å². The predicted octanol–water partition coefficient (Wildman–Crippen LogP) is 2.96. The molecule has 4 saturated carbocycles. The van der Waals surface area contributed by atoms with Crippen LogP contribution in [0, 0.1) is 17.8 Å². The van der Waals surface area contributed by atoms with Crippen LogP contribution in [-0.2, 0) is 9.98 Å². The summed E-state index contributed by atoms with van der Waals surface area (Å²) in [6.07, 6.45) is 8.11. The van der Waals surface area contributed by atoms with Gasteiger partial charge in [0.15, 0.2) is 0 Å². The van der Waals surface area contributed by atoms with E-state index in [-0.39, 0.29) is 5.30 Å². The Hall–Kier alpha value is -0.630. The first-order valence-corrected chi connectivity index (χ1v) is 9.22. The number of rotatable bonds is 2. The molecule has 2 N–H and O–H groups in total. The lowest BCUT2D eigenvalue weighted by Gasteiger charge is -2.57. The van der Waals surface area contributed by atoms with Crippen molar-refractivity contribution in [3.05, 3.63) is 29.8 Å². The zero-order valence-corrected chi connectivity index (χ0v) is 12.4. The average molecular weight is 292 g/mol. The van der Waals surface area contributed by atoms with E-state index >= 15 is 0 Å². The van der Waals surface area contributed by atoms with Gasteiger partial charge in [-0.2, -0.15) is 0 Å². The Labute approximate surface area is 119 Å². The number of hydrogen-bond donors (Lipinski definition) is 2. The molecule has 0 radical (unpaired) electrons. The lowest BCUT2D eigenvalue weighted by Crippen LogP contribution is -2.48. The first-order chi connectivity index (χ1) is 9.45. The first kappa shape index (κ1) is 13.1. The van der Waals surface area contributed by atoms with Gasteiger partial charge in [-0.15, -0.1) is 0 Å². The summed E-state index contributed by atoms with van der Waals surface area (Å²) in [4.78, 5) is 18.5. The second-order valence-electron chi connectivity index (χ2n) is 7.29. The minimum atomic E-state index is -4.11. The van der Waals surface area contributed by atoms with Gasteiger partial charge >= 0.3 is 7.60 Å². The van der Waals surface area contributed by atoms with Crippen LogP contribution in [0.1, 0.15) is 44.1 Å². The third-order valence-corrected chi connectivity index (χ3v) is 6.83. The van der Waals surface area contributed by atoms with Crippen LogP contribution >= 0.6 is 7.60 Å². The van der Waals surface area contributed by atoms with E-state index in [0.29, 0.717) is 5.41 Å². The Morgan fingerprint density at radius 1 is 0.900 bits per heavy atom. The summed E-state index contributed by atoms with van der Waals surface area (Å²) in [5, 5.41) is 0.144. The molecular formula is C16H21O3P. The van der Waals surface area contributed by atoms with Gasteiger partial charge in [0.25, 0.3) is 0 Å². The molecule has 4 bridgehead atoms. The van der Waals surface area contributed by atoms with Crippen molar-refractivity contribution in [2.24, 2.45) is 17.8 Å². The molecule has 4 fully saturated rings. The summed E-state index contributed by atoms with van der Waals surface area (Å²) in [6.45, 7) is 0. The van der Waals surface area contributed by atoms with Gasteiger partial charge in [-0.05, 0) is 79.4 Å². The van der Waals surface area contributed by atoms with Crippen LogP contribution in [0.25, 0.3) is 0 Å². The standard InChI is InChI=1S/C16H21O3P/c17-20(18,19)15-3-1-14(2-4-15)16-8-11-5-12(9-16)7-13(6-11)10-16/h1-4,11-13H,5-10H2,(H2,17,18,19). The van der Waals surface area contributed by atoms with Crippen molar-refractivity contribution in [2.45, 2.75) is 43.9 Å². The second-order valence-corrected chi connectivity index (χ2v) is 8.89. The summed E-state index contributed by atoms with van der Waals surface area (Å²) < 4.78 is 11.3. The maximum Gasteiger partial charge on any atom is 0.356 e. The third-order valence-electron chi connectivity index (χ3n) is 5.85. The zero-order valence-electron chi connectivity index (χ0n) is 11.5. The van der Waals surface area contributed by atoms with Crippen LogP contribution in [0.4, 0.5) is 0 Å². The molecule has 1 aromatic carbocycles. The molecule has 0 unspecified atom stereocenters. The maximum atomic E-state index is 11.3. The van der Waals surface area contributed by atoms with Crippen molar-refractivity contribution in [1.29, 1.82) is 0 Å². The Morgan fingerprint density at radius 2 is 1.35 bits per heavy atom. The normalized spacial score (nSPS) is 39.2. The smallest absolute Gasteiger partial charge is 0.321 e. The lowest BCUT2D eigenvalue weighted by atomic mass is 9.48. The fourth-order valence-corrected chi connectivity index (χ4v) is 6.01. The predicted molar refractivity (Wildman–Crippen MR) is 78.0 cm³/mol. The van der Waals surface area contributed by atoms with Gasteiger partial charge in [0, 0.05) is 0 Å². The monoisotopic (exact) mass is 292 g/mol. The van der Waals surface area contributed by atoms with E-state index < -0.39 is 7.60 Å². The van der Waals surface area contributed by atoms with Crippen molar-refractivity contribution < 1.29 is 14.4 Å². The van der Waals surface area contributed by atoms with Crippen LogP contribution in [0.15, 0.2) is 24.3 Å². The highest BCUT2D eigenvalue weighted by molar-refractivity contribution is 7.60. The lowest BCUT2D eigenvalue weighted by molar-refractivity contribution is -0.00518. The highest BCUT2D eigenvalue weighted by Crippen LogP contribution is 2.60. The average Bonchev–Trinajstić information content (AvgIpc) is 2.36. The van der Waals surface area contributed by atoms with Crippen molar-refractivity contribution in [2.75, 3.05) is 0 Å². The number of hydrogen-bond acceptors (Lipinski definition) is 1. The SMILES string of the molecule is O=P(O)(O)c1ccc(C23CC4CC(CC(C4)C2)C3)cc1. The van der Waals surface area contributed by atoms with Gasteiger partial charge in [-0.3, -0.25) is 4.57 Å². The molecule has 20 heavy (non-hydrogen) atoms. The molecule has 0 saturated heterocycles. The Morgan fingerprint density at radius 3 is 1.75 bits per heavy atom. The fourth-order valence-electron chi connectivity index (χ4n) is 5.47. The molecule has 0 amide bonds. The highest BCUT2D eigenvalue weighted by Gasteiger charge is 2.51. The summed E-state index contributed by atoms with van der Waals surface area (Å²) >= 11 is 0. The third kappa shape index (κ3) is 1.99. The van der Waals surface area contributed by atoms with Crippen LogP contribution in [0.2, 0.25) is 0 Å². The Balaban J connectivity index is 1.69. The van der Waals surface area contributed by atoms with Gasteiger partial charge < -0.3 is 9.79 Å². The zero-order chi connectivity index (χ0) is 14.0. The largest absolute Gasteiger partial charge is 0.356 e. The van der Waals surface area contributed by atoms with Gasteiger partial charge in [0.05, 0.1) is 5.30 Å². The topological polar surface area (TPSA) is 57.5 Å². The minimum Gasteiger partial charge on any atom is -0.321 e. The van der Waals surface area contributed by atoms with E-state index in [4.69, 9.17) is 0 Å². The molecule has 3 nitrogen and oxygen atoms in total. The molecule has 4 heteroatoms. The molecule has 5 rings (SSSR count). The summed E-state index contributed by atoms with van der Waals surface area (Å²) in [5.74, 6) is 2.67. The van der Waals surface area contributed by atoms with Gasteiger partial charge in [0.2, 0.25) is 0 Å². The highest BCUT2D eigenvalue weighted by atomic mass is 31.2. The van der Waals surface area contributed by atoms with E-state index in [1.165, 1.54) is 44.1 Å². The van der Waals surface area contributed by atoms with Gasteiger partial charge in [-0.25, -0.2) is 0 Å². The molecule has 0 atom stereocenters. The van der Waals surface area contributed by atoms with Crippen molar-refractivity contribution >= 4 is 12.9 Å². The molecule has 0 aromatic heterocycles. The Bertz CT molecular complexity index is 537. The van der Waals surface area contributed by atoms with E-state index in [0.717, 1.165) is 17.8 Å². The summed E-state index contributed by atoms with van der Waals surface area (Å²) in [6, 6.07) is 7.21. The molecule has 0 aliphatic heterocycles. The first-order valence-electron chi connectivity index (χ1n) is 7.61. The number of benzene rings is 1. The van der Waals surface area contributed by atoms with Crippen molar-refractivity contribution in [3.63, 3.8) is 0 Å². The molecular weight excluding hydrogens is 271 g/mol. The Kier molecular flexibility index (Phi) is 2.74. The molecule has 4 aliphatic rings. The van der Waals surface area contributed by atoms with Gasteiger partial charge in [0.1, 0.15) is 0 Å². The van der Waals surface area contributed by atoms with Crippen molar-refractivity contribution in [3.8, 4) is 0 Å².